The lowest BCUT2D eigenvalue weighted by molar-refractivity contribution is -0.0436. The van der Waals surface area contributed by atoms with E-state index in [4.69, 9.17) is 14.2 Å². The van der Waals surface area contributed by atoms with Gasteiger partial charge in [0, 0.05) is 16.6 Å². The number of sulfone groups is 1. The third kappa shape index (κ3) is 7.32. The fourth-order valence-electron chi connectivity index (χ4n) is 5.29. The van der Waals surface area contributed by atoms with Gasteiger partial charge in [0.25, 0.3) is 9.84 Å². The molecule has 0 spiro atoms. The Labute approximate surface area is 269 Å². The van der Waals surface area contributed by atoms with Crippen molar-refractivity contribution in [3.8, 4) is 33.4 Å². The Hall–Kier alpha value is -4.06. The molecular formula is C35H32F3NO5S2. The van der Waals surface area contributed by atoms with Crippen molar-refractivity contribution >= 4 is 31.3 Å². The van der Waals surface area contributed by atoms with Gasteiger partial charge in [-0.15, -0.1) is 11.3 Å². The highest BCUT2D eigenvalue weighted by atomic mass is 32.2. The fraction of sp³-hybridized carbons (Fsp3) is 0.257. The largest absolute Gasteiger partial charge is 0.501 e. The Morgan fingerprint density at radius 1 is 0.761 bits per heavy atom. The van der Waals surface area contributed by atoms with Crippen LogP contribution in [0.3, 0.4) is 0 Å². The minimum absolute atomic E-state index is 0.384. The van der Waals surface area contributed by atoms with Crippen LogP contribution in [-0.2, 0) is 16.4 Å². The Morgan fingerprint density at radius 2 is 1.43 bits per heavy atom. The van der Waals surface area contributed by atoms with E-state index in [9.17, 15) is 21.6 Å². The smallest absolute Gasteiger partial charge is 0.492 e. The molecular weight excluding hydrogens is 636 g/mol. The minimum Gasteiger partial charge on any atom is -0.492 e. The zero-order valence-corrected chi connectivity index (χ0v) is 26.5. The van der Waals surface area contributed by atoms with Gasteiger partial charge in [-0.25, -0.2) is 8.42 Å². The Balaban J connectivity index is 1.26. The van der Waals surface area contributed by atoms with E-state index in [2.05, 4.69) is 4.90 Å². The summed E-state index contributed by atoms with van der Waals surface area (Å²) in [6.45, 7) is 4.07. The summed E-state index contributed by atoms with van der Waals surface area (Å²) in [5.41, 5.74) is -3.85. The van der Waals surface area contributed by atoms with Crippen LogP contribution in [0.2, 0.25) is 0 Å². The van der Waals surface area contributed by atoms with E-state index in [1.807, 2.05) is 60.7 Å². The van der Waals surface area contributed by atoms with E-state index in [-0.39, 0.29) is 0 Å². The number of benzene rings is 4. The van der Waals surface area contributed by atoms with Crippen LogP contribution >= 0.6 is 11.3 Å². The Kier molecular flexibility index (Phi) is 9.53. The number of likely N-dealkylation sites (tertiary alicyclic amines) is 1. The van der Waals surface area contributed by atoms with E-state index < -0.39 is 20.2 Å². The van der Waals surface area contributed by atoms with Gasteiger partial charge in [-0.2, -0.15) is 13.2 Å². The zero-order valence-electron chi connectivity index (χ0n) is 24.8. The van der Waals surface area contributed by atoms with Crippen molar-refractivity contribution in [3.05, 3.63) is 103 Å². The third-order valence-electron chi connectivity index (χ3n) is 7.76. The molecule has 0 amide bonds. The van der Waals surface area contributed by atoms with Gasteiger partial charge in [0.05, 0.1) is 9.77 Å². The van der Waals surface area contributed by atoms with Crippen molar-refractivity contribution in [1.82, 2.24) is 4.90 Å². The average Bonchev–Trinajstić information content (AvgIpc) is 3.42. The third-order valence-corrected chi connectivity index (χ3v) is 10.4. The van der Waals surface area contributed by atoms with Gasteiger partial charge in [-0.05, 0) is 91.7 Å². The van der Waals surface area contributed by atoms with Gasteiger partial charge in [0.2, 0.25) is 0 Å². The first-order valence-electron chi connectivity index (χ1n) is 15.0. The van der Waals surface area contributed by atoms with E-state index in [0.29, 0.717) is 40.9 Å². The summed E-state index contributed by atoms with van der Waals surface area (Å²) in [7, 11) is -5.47. The molecule has 0 saturated carbocycles. The highest BCUT2D eigenvalue weighted by Crippen LogP contribution is 2.47. The second-order valence-corrected chi connectivity index (χ2v) is 14.0. The number of fused-ring (bicyclic) bond motifs is 1. The van der Waals surface area contributed by atoms with Crippen molar-refractivity contribution in [1.29, 1.82) is 0 Å². The first-order chi connectivity index (χ1) is 22.2. The van der Waals surface area contributed by atoms with Crippen LogP contribution < -0.4 is 14.2 Å². The lowest BCUT2D eigenvalue weighted by Gasteiger charge is -2.26. The number of hydrogen-bond acceptors (Lipinski definition) is 7. The van der Waals surface area contributed by atoms with E-state index in [1.165, 1.54) is 42.7 Å². The molecule has 1 fully saturated rings. The molecule has 1 aliphatic rings. The maximum Gasteiger partial charge on any atom is 0.501 e. The monoisotopic (exact) mass is 667 g/mol. The highest BCUT2D eigenvalue weighted by molar-refractivity contribution is 7.92. The molecule has 0 radical (unpaired) electrons. The lowest BCUT2D eigenvalue weighted by Crippen LogP contribution is -2.33. The first kappa shape index (κ1) is 31.9. The van der Waals surface area contributed by atoms with Crippen LogP contribution in [0.1, 0.15) is 24.8 Å². The molecule has 0 bridgehead atoms. The number of halogens is 3. The van der Waals surface area contributed by atoms with Gasteiger partial charge in [0.1, 0.15) is 30.5 Å². The number of thiophene rings is 1. The quantitative estimate of drug-likeness (QED) is 0.140. The summed E-state index contributed by atoms with van der Waals surface area (Å²) in [6, 6.07) is 27.3. The molecule has 1 saturated heterocycles. The molecule has 6 rings (SSSR count). The fourth-order valence-corrected chi connectivity index (χ4v) is 7.22. The molecule has 0 aliphatic carbocycles. The van der Waals surface area contributed by atoms with Gasteiger partial charge < -0.3 is 14.2 Å². The topological polar surface area (TPSA) is 65.1 Å². The molecule has 2 heterocycles. The normalized spacial score (nSPS) is 14.3. The van der Waals surface area contributed by atoms with Crippen LogP contribution in [0.15, 0.2) is 102 Å². The van der Waals surface area contributed by atoms with Crippen LogP contribution in [0.25, 0.3) is 20.5 Å². The molecule has 11 heteroatoms. The summed E-state index contributed by atoms with van der Waals surface area (Å²) in [5.74, 6) is 2.42. The van der Waals surface area contributed by atoms with Gasteiger partial charge in [-0.1, -0.05) is 48.9 Å². The van der Waals surface area contributed by atoms with Gasteiger partial charge >= 0.3 is 5.51 Å². The summed E-state index contributed by atoms with van der Waals surface area (Å²) >= 11 is 1.37. The predicted molar refractivity (Wildman–Crippen MR) is 174 cm³/mol. The number of nitrogens with zero attached hydrogens (tertiary/aromatic N) is 1. The molecule has 5 aromatic rings. The number of piperidine rings is 1. The molecule has 0 N–H and O–H groups in total. The van der Waals surface area contributed by atoms with Crippen molar-refractivity contribution in [2.45, 2.75) is 36.3 Å². The van der Waals surface area contributed by atoms with E-state index in [0.717, 1.165) is 53.2 Å². The van der Waals surface area contributed by atoms with Gasteiger partial charge in [-0.3, -0.25) is 4.90 Å². The predicted octanol–water partition coefficient (Wildman–Crippen LogP) is 9.10. The number of hydrogen-bond donors (Lipinski definition) is 0. The standard InChI is InChI=1S/C35H32F3NO5S2/c36-35(37,38)46(40,41)30-16-9-26(10-17-30)34-33(31-18-15-29(23-32(31)45-34)43-24-25-7-3-1-4-8-25)44-28-13-11-27(12-14-28)42-22-21-39-19-5-2-6-20-39/h1,3-4,7-18,23H,2,5-6,19-22,24H2. The molecule has 4 aromatic carbocycles. The molecule has 1 aliphatic heterocycles. The second kappa shape index (κ2) is 13.7. The number of ether oxygens (including phenoxy) is 3. The highest BCUT2D eigenvalue weighted by Gasteiger charge is 2.46. The summed E-state index contributed by atoms with van der Waals surface area (Å²) < 4.78 is 82.6. The van der Waals surface area contributed by atoms with Crippen molar-refractivity contribution < 1.29 is 35.8 Å². The Morgan fingerprint density at radius 3 is 2.13 bits per heavy atom. The van der Waals surface area contributed by atoms with Crippen molar-refractivity contribution in [2.75, 3.05) is 26.2 Å². The second-order valence-electron chi connectivity index (χ2n) is 11.0. The zero-order chi connectivity index (χ0) is 32.1. The molecule has 1 aromatic heterocycles. The first-order valence-corrected chi connectivity index (χ1v) is 17.3. The molecule has 6 nitrogen and oxygen atoms in total. The van der Waals surface area contributed by atoms with Crippen LogP contribution in [0.5, 0.6) is 23.0 Å². The molecule has 46 heavy (non-hydrogen) atoms. The minimum atomic E-state index is -5.47. The average molecular weight is 668 g/mol. The van der Waals surface area contributed by atoms with Gasteiger partial charge in [0.15, 0.2) is 5.75 Å². The SMILES string of the molecule is O=S(=O)(c1ccc(-c2sc3cc(OCc4ccccc4)ccc3c2Oc2ccc(OCCN3CCCCC3)cc2)cc1)C(F)(F)F. The Bertz CT molecular complexity index is 1870. The summed E-state index contributed by atoms with van der Waals surface area (Å²) in [4.78, 5) is 2.22. The molecule has 240 valence electrons. The summed E-state index contributed by atoms with van der Waals surface area (Å²) in [6.07, 6.45) is 3.74. The van der Waals surface area contributed by atoms with Crippen molar-refractivity contribution in [2.24, 2.45) is 0 Å². The maximum absolute atomic E-state index is 13.2. The molecule has 0 unspecified atom stereocenters. The van der Waals surface area contributed by atoms with Crippen LogP contribution in [0.4, 0.5) is 13.2 Å². The lowest BCUT2D eigenvalue weighted by atomic mass is 10.1. The number of rotatable bonds is 11. The van der Waals surface area contributed by atoms with Crippen LogP contribution in [-0.4, -0.2) is 45.1 Å². The maximum atomic E-state index is 13.2. The van der Waals surface area contributed by atoms with Crippen molar-refractivity contribution in [3.63, 3.8) is 0 Å². The van der Waals surface area contributed by atoms with Crippen LogP contribution in [0, 0.1) is 0 Å². The van der Waals surface area contributed by atoms with E-state index in [1.54, 1.807) is 12.1 Å². The molecule has 0 atom stereocenters. The summed E-state index contributed by atoms with van der Waals surface area (Å²) in [5, 5.41) is 0.779. The number of alkyl halides is 3. The van der Waals surface area contributed by atoms with E-state index >= 15 is 0 Å².